The van der Waals surface area contributed by atoms with Gasteiger partial charge in [-0.1, -0.05) is 0 Å². The first-order valence-electron chi connectivity index (χ1n) is 7.09. The highest BCUT2D eigenvalue weighted by atomic mass is 16.6. The lowest BCUT2D eigenvalue weighted by molar-refractivity contribution is 0.00824. The average Bonchev–Trinajstić information content (AvgIpc) is 2.44. The molecule has 6 heteroatoms. The van der Waals surface area contributed by atoms with Gasteiger partial charge in [0, 0.05) is 24.9 Å². The van der Waals surface area contributed by atoms with E-state index in [2.05, 4.69) is 5.32 Å². The number of nitrogens with two attached hydrogens (primary N) is 1. The summed E-state index contributed by atoms with van der Waals surface area (Å²) in [5, 5.41) is 2.70. The van der Waals surface area contributed by atoms with Crippen LogP contribution in [0.5, 0.6) is 5.75 Å². The number of amides is 1. The van der Waals surface area contributed by atoms with Crippen molar-refractivity contribution in [3.8, 4) is 5.75 Å². The third-order valence-electron chi connectivity index (χ3n) is 3.25. The summed E-state index contributed by atoms with van der Waals surface area (Å²) in [6.07, 6.45) is -0.518. The highest BCUT2D eigenvalue weighted by Gasteiger charge is 2.28. The van der Waals surface area contributed by atoms with E-state index in [-0.39, 0.29) is 6.54 Å². The lowest BCUT2D eigenvalue weighted by atomic mass is 9.94. The summed E-state index contributed by atoms with van der Waals surface area (Å²) < 4.78 is 16.1. The lowest BCUT2D eigenvalue weighted by Crippen LogP contribution is -2.34. The van der Waals surface area contributed by atoms with Gasteiger partial charge in [0.15, 0.2) is 0 Å². The van der Waals surface area contributed by atoms with Crippen LogP contribution in [0.2, 0.25) is 0 Å². The van der Waals surface area contributed by atoms with Crippen molar-refractivity contribution < 1.29 is 19.0 Å². The molecule has 0 aliphatic heterocycles. The molecule has 0 bridgehead atoms. The van der Waals surface area contributed by atoms with Crippen molar-refractivity contribution in [2.45, 2.75) is 38.9 Å². The molecule has 0 saturated carbocycles. The molecule has 0 fully saturated rings. The molecule has 0 aromatic heterocycles. The van der Waals surface area contributed by atoms with Crippen molar-refractivity contribution in [3.05, 3.63) is 23.8 Å². The fourth-order valence-electron chi connectivity index (χ4n) is 1.92. The normalized spacial score (nSPS) is 14.1. The van der Waals surface area contributed by atoms with Gasteiger partial charge in [-0.25, -0.2) is 4.79 Å². The summed E-state index contributed by atoms with van der Waals surface area (Å²) in [5.41, 5.74) is 5.89. The molecule has 0 radical (unpaired) electrons. The summed E-state index contributed by atoms with van der Waals surface area (Å²) in [5.74, 6) is 0.643. The Balaban J connectivity index is 3.08. The lowest BCUT2D eigenvalue weighted by Gasteiger charge is -2.29. The molecule has 22 heavy (non-hydrogen) atoms. The molecule has 0 saturated heterocycles. The zero-order valence-electron chi connectivity index (χ0n) is 14.1. The summed E-state index contributed by atoms with van der Waals surface area (Å²) in [7, 11) is 3.16. The van der Waals surface area contributed by atoms with Crippen LogP contribution in [0.1, 0.15) is 33.3 Å². The minimum Gasteiger partial charge on any atom is -0.496 e. The van der Waals surface area contributed by atoms with Crippen LogP contribution in [-0.2, 0) is 15.1 Å². The zero-order valence-corrected chi connectivity index (χ0v) is 14.1. The van der Waals surface area contributed by atoms with Crippen LogP contribution < -0.4 is 15.8 Å². The Morgan fingerprint density at radius 2 is 1.86 bits per heavy atom. The molecule has 6 nitrogen and oxygen atoms in total. The van der Waals surface area contributed by atoms with E-state index >= 15 is 0 Å². The van der Waals surface area contributed by atoms with Crippen LogP contribution in [0.25, 0.3) is 0 Å². The maximum absolute atomic E-state index is 11.9. The number of hydrogen-bond donors (Lipinski definition) is 2. The molecule has 124 valence electrons. The highest BCUT2D eigenvalue weighted by molar-refractivity contribution is 5.85. The molecule has 0 spiro atoms. The Hall–Kier alpha value is -1.79. The van der Waals surface area contributed by atoms with Crippen molar-refractivity contribution in [2.24, 2.45) is 5.73 Å². The first-order valence-corrected chi connectivity index (χ1v) is 7.09. The molecule has 1 aromatic rings. The number of ether oxygens (including phenoxy) is 3. The molecule has 1 aromatic carbocycles. The zero-order chi connectivity index (χ0) is 17.0. The minimum absolute atomic E-state index is 0.274. The van der Waals surface area contributed by atoms with Crippen LogP contribution in [0.3, 0.4) is 0 Å². The number of nitrogens with one attached hydrogen (secondary N) is 1. The molecule has 1 atom stereocenters. The fraction of sp³-hybridized carbons (Fsp3) is 0.562. The molecule has 1 amide bonds. The molecule has 3 N–H and O–H groups in total. The Labute approximate surface area is 131 Å². The van der Waals surface area contributed by atoms with Gasteiger partial charge in [-0.3, -0.25) is 5.32 Å². The second-order valence-corrected chi connectivity index (χ2v) is 6.18. The van der Waals surface area contributed by atoms with Gasteiger partial charge in [-0.2, -0.15) is 0 Å². The summed E-state index contributed by atoms with van der Waals surface area (Å²) >= 11 is 0. The molecular weight excluding hydrogens is 284 g/mol. The van der Waals surface area contributed by atoms with E-state index in [0.717, 1.165) is 5.56 Å². The van der Waals surface area contributed by atoms with E-state index in [0.29, 0.717) is 11.4 Å². The average molecular weight is 310 g/mol. The quantitative estimate of drug-likeness (QED) is 0.874. The van der Waals surface area contributed by atoms with Crippen molar-refractivity contribution in [1.82, 2.24) is 0 Å². The third kappa shape index (κ3) is 4.61. The predicted octanol–water partition coefficient (Wildman–Crippen LogP) is 2.86. The van der Waals surface area contributed by atoms with E-state index in [4.69, 9.17) is 19.9 Å². The smallest absolute Gasteiger partial charge is 0.412 e. The second kappa shape index (κ2) is 6.98. The minimum atomic E-state index is -0.711. The molecule has 0 aliphatic carbocycles. The molecule has 0 aliphatic rings. The van der Waals surface area contributed by atoms with Crippen molar-refractivity contribution in [2.75, 3.05) is 26.1 Å². The topological polar surface area (TPSA) is 82.8 Å². The number of anilines is 1. The van der Waals surface area contributed by atoms with Gasteiger partial charge in [-0.05, 0) is 45.9 Å². The Bertz CT molecular complexity index is 519. The number of carbonyl (C=O) groups excluding carboxylic acids is 1. The first-order chi connectivity index (χ1) is 10.1. The maximum Gasteiger partial charge on any atom is 0.412 e. The number of methoxy groups -OCH3 is 2. The van der Waals surface area contributed by atoms with Crippen LogP contribution in [0, 0.1) is 0 Å². The van der Waals surface area contributed by atoms with Crippen molar-refractivity contribution in [1.29, 1.82) is 0 Å². The van der Waals surface area contributed by atoms with Gasteiger partial charge < -0.3 is 19.9 Å². The van der Waals surface area contributed by atoms with Crippen LogP contribution in [0.15, 0.2) is 18.2 Å². The number of hydrogen-bond acceptors (Lipinski definition) is 5. The number of benzene rings is 1. The van der Waals surface area contributed by atoms with Crippen LogP contribution in [0.4, 0.5) is 10.5 Å². The molecule has 0 heterocycles. The van der Waals surface area contributed by atoms with E-state index in [9.17, 15) is 4.79 Å². The summed E-state index contributed by atoms with van der Waals surface area (Å²) in [6.45, 7) is 7.56. The molecular formula is C16H26N2O4. The fourth-order valence-corrected chi connectivity index (χ4v) is 1.92. The highest BCUT2D eigenvalue weighted by Crippen LogP contribution is 2.34. The Kier molecular flexibility index (Phi) is 5.79. The van der Waals surface area contributed by atoms with E-state index in [1.54, 1.807) is 32.4 Å². The largest absolute Gasteiger partial charge is 0.496 e. The van der Waals surface area contributed by atoms with Gasteiger partial charge >= 0.3 is 6.09 Å². The maximum atomic E-state index is 11.9. The standard InChI is InChI=1S/C16H26N2O4/c1-15(2,3)22-14(19)18-11-7-8-13(20-5)12(9-11)16(4,10-17)21-6/h7-9H,10,17H2,1-6H3,(H,18,19). The van der Waals surface area contributed by atoms with Crippen LogP contribution >= 0.6 is 0 Å². The van der Waals surface area contributed by atoms with E-state index in [1.165, 1.54) is 0 Å². The predicted molar refractivity (Wildman–Crippen MR) is 86.3 cm³/mol. The van der Waals surface area contributed by atoms with Crippen molar-refractivity contribution in [3.63, 3.8) is 0 Å². The van der Waals surface area contributed by atoms with Gasteiger partial charge in [0.25, 0.3) is 0 Å². The Morgan fingerprint density at radius 3 is 2.32 bits per heavy atom. The van der Waals surface area contributed by atoms with Gasteiger partial charge in [0.1, 0.15) is 17.0 Å². The van der Waals surface area contributed by atoms with Crippen LogP contribution in [-0.4, -0.2) is 32.5 Å². The second-order valence-electron chi connectivity index (χ2n) is 6.18. The monoisotopic (exact) mass is 310 g/mol. The number of rotatable bonds is 5. The summed E-state index contributed by atoms with van der Waals surface area (Å²) in [4.78, 5) is 11.9. The van der Waals surface area contributed by atoms with Crippen molar-refractivity contribution >= 4 is 11.8 Å². The summed E-state index contributed by atoms with van der Waals surface area (Å²) in [6, 6.07) is 5.27. The van der Waals surface area contributed by atoms with Gasteiger partial charge in [0.05, 0.1) is 7.11 Å². The van der Waals surface area contributed by atoms with Gasteiger partial charge in [0.2, 0.25) is 0 Å². The SMILES string of the molecule is COc1ccc(NC(=O)OC(C)(C)C)cc1C(C)(CN)OC. The Morgan fingerprint density at radius 1 is 1.23 bits per heavy atom. The van der Waals surface area contributed by atoms with E-state index in [1.807, 2.05) is 27.7 Å². The van der Waals surface area contributed by atoms with Gasteiger partial charge in [-0.15, -0.1) is 0 Å². The van der Waals surface area contributed by atoms with E-state index < -0.39 is 17.3 Å². The molecule has 1 rings (SSSR count). The first kappa shape index (κ1) is 18.3. The molecule has 1 unspecified atom stereocenters. The number of carbonyl (C=O) groups is 1. The third-order valence-corrected chi connectivity index (χ3v) is 3.25.